The average Bonchev–Trinajstić information content (AvgIpc) is 3.08. The fourth-order valence-corrected chi connectivity index (χ4v) is 2.30. The van der Waals surface area contributed by atoms with Crippen LogP contribution in [0.15, 0.2) is 34.9 Å². The first kappa shape index (κ1) is 16.7. The first-order valence-electron chi connectivity index (χ1n) is 7.64. The largest absolute Gasteiger partial charge is 0.463 e. The van der Waals surface area contributed by atoms with Crippen LogP contribution in [0.4, 0.5) is 0 Å². The van der Waals surface area contributed by atoms with E-state index in [0.717, 1.165) is 0 Å². The number of hydrogen-bond acceptors (Lipinski definition) is 4. The van der Waals surface area contributed by atoms with Gasteiger partial charge in [-0.15, -0.1) is 0 Å². The number of aromatic nitrogens is 1. The van der Waals surface area contributed by atoms with E-state index in [2.05, 4.69) is 10.3 Å². The smallest absolute Gasteiger partial charge is 0.253 e. The fraction of sp³-hybridized carbons (Fsp3) is 0.353. The third-order valence-electron chi connectivity index (χ3n) is 3.62. The lowest BCUT2D eigenvalue weighted by Crippen LogP contribution is -2.40. The zero-order valence-corrected chi connectivity index (χ0v) is 13.6. The molecule has 0 aliphatic carbocycles. The number of amides is 2. The minimum Gasteiger partial charge on any atom is -0.463 e. The van der Waals surface area contributed by atoms with Crippen LogP contribution in [0.5, 0.6) is 0 Å². The fourth-order valence-electron chi connectivity index (χ4n) is 2.30. The van der Waals surface area contributed by atoms with E-state index in [1.807, 2.05) is 19.9 Å². The summed E-state index contributed by atoms with van der Waals surface area (Å²) in [6.45, 7) is 6.82. The molecule has 0 saturated carbocycles. The second-order valence-electron chi connectivity index (χ2n) is 5.06. The van der Waals surface area contributed by atoms with Crippen molar-refractivity contribution in [2.45, 2.75) is 20.8 Å². The second kappa shape index (κ2) is 7.58. The Morgan fingerprint density at radius 1 is 1.22 bits per heavy atom. The molecule has 23 heavy (non-hydrogen) atoms. The molecule has 2 heterocycles. The standard InChI is InChI=1S/C17H21N3O3/c1-4-20(5-2)16(21)11-18-17(22)13-8-9-14(19-12(13)3)15-7-6-10-23-15/h6-10H,4-5,11H2,1-3H3,(H,18,22). The molecule has 6 nitrogen and oxygen atoms in total. The highest BCUT2D eigenvalue weighted by Crippen LogP contribution is 2.19. The summed E-state index contributed by atoms with van der Waals surface area (Å²) >= 11 is 0. The molecule has 0 atom stereocenters. The maximum absolute atomic E-state index is 12.2. The maximum atomic E-state index is 12.2. The number of carbonyl (C=O) groups is 2. The summed E-state index contributed by atoms with van der Waals surface area (Å²) < 4.78 is 5.29. The molecular weight excluding hydrogens is 294 g/mol. The number of hydrogen-bond donors (Lipinski definition) is 1. The molecule has 2 aromatic rings. The van der Waals surface area contributed by atoms with Crippen molar-refractivity contribution in [2.75, 3.05) is 19.6 Å². The Bertz CT molecular complexity index is 676. The first-order valence-corrected chi connectivity index (χ1v) is 7.64. The third-order valence-corrected chi connectivity index (χ3v) is 3.62. The van der Waals surface area contributed by atoms with E-state index in [9.17, 15) is 9.59 Å². The molecule has 1 N–H and O–H groups in total. The SMILES string of the molecule is CCN(CC)C(=O)CNC(=O)c1ccc(-c2ccco2)nc1C. The zero-order chi connectivity index (χ0) is 16.8. The van der Waals surface area contributed by atoms with E-state index in [4.69, 9.17) is 4.42 Å². The number of nitrogens with one attached hydrogen (secondary N) is 1. The van der Waals surface area contributed by atoms with Crippen molar-refractivity contribution in [3.63, 3.8) is 0 Å². The van der Waals surface area contributed by atoms with E-state index >= 15 is 0 Å². The molecular formula is C17H21N3O3. The summed E-state index contributed by atoms with van der Waals surface area (Å²) in [4.78, 5) is 30.2. The predicted molar refractivity (Wildman–Crippen MR) is 86.9 cm³/mol. The van der Waals surface area contributed by atoms with Crippen LogP contribution in [0, 0.1) is 6.92 Å². The maximum Gasteiger partial charge on any atom is 0.253 e. The lowest BCUT2D eigenvalue weighted by molar-refractivity contribution is -0.129. The summed E-state index contributed by atoms with van der Waals surface area (Å²) in [7, 11) is 0. The van der Waals surface area contributed by atoms with Gasteiger partial charge in [0.1, 0.15) is 5.69 Å². The van der Waals surface area contributed by atoms with Gasteiger partial charge in [0.05, 0.1) is 24.1 Å². The Balaban J connectivity index is 2.04. The molecule has 0 radical (unpaired) electrons. The average molecular weight is 315 g/mol. The molecule has 0 spiro atoms. The number of aryl methyl sites for hydroxylation is 1. The van der Waals surface area contributed by atoms with Crippen molar-refractivity contribution in [3.8, 4) is 11.5 Å². The Hall–Kier alpha value is -2.63. The van der Waals surface area contributed by atoms with Gasteiger partial charge in [-0.3, -0.25) is 9.59 Å². The molecule has 0 aliphatic heterocycles. The molecule has 0 aliphatic rings. The minimum atomic E-state index is -0.304. The summed E-state index contributed by atoms with van der Waals surface area (Å²) in [6, 6.07) is 7.01. The van der Waals surface area contributed by atoms with Crippen LogP contribution in [-0.2, 0) is 4.79 Å². The predicted octanol–water partition coefficient (Wildman–Crippen LogP) is 2.25. The number of furan rings is 1. The molecule has 0 fully saturated rings. The number of likely N-dealkylation sites (N-methyl/N-ethyl adjacent to an activating group) is 1. The van der Waals surface area contributed by atoms with Crippen LogP contribution < -0.4 is 5.32 Å². The van der Waals surface area contributed by atoms with Gasteiger partial charge >= 0.3 is 0 Å². The highest BCUT2D eigenvalue weighted by atomic mass is 16.3. The van der Waals surface area contributed by atoms with Crippen LogP contribution in [0.2, 0.25) is 0 Å². The van der Waals surface area contributed by atoms with E-state index in [0.29, 0.717) is 35.8 Å². The lowest BCUT2D eigenvalue weighted by atomic mass is 10.1. The van der Waals surface area contributed by atoms with Crippen molar-refractivity contribution in [2.24, 2.45) is 0 Å². The van der Waals surface area contributed by atoms with Gasteiger partial charge in [-0.25, -0.2) is 4.98 Å². The van der Waals surface area contributed by atoms with Crippen molar-refractivity contribution >= 4 is 11.8 Å². The minimum absolute atomic E-state index is 0.0140. The topological polar surface area (TPSA) is 75.4 Å². The van der Waals surface area contributed by atoms with Gasteiger partial charge in [-0.1, -0.05) is 0 Å². The third kappa shape index (κ3) is 3.97. The summed E-state index contributed by atoms with van der Waals surface area (Å²) in [5.74, 6) is 0.249. The lowest BCUT2D eigenvalue weighted by Gasteiger charge is -2.18. The molecule has 122 valence electrons. The summed E-state index contributed by atoms with van der Waals surface area (Å²) in [6.07, 6.45) is 1.58. The zero-order valence-electron chi connectivity index (χ0n) is 13.6. The second-order valence-corrected chi connectivity index (χ2v) is 5.06. The van der Waals surface area contributed by atoms with Gasteiger partial charge in [0.15, 0.2) is 5.76 Å². The molecule has 2 rings (SSSR count). The van der Waals surface area contributed by atoms with Crippen LogP contribution in [-0.4, -0.2) is 41.3 Å². The van der Waals surface area contributed by atoms with Crippen molar-refractivity contribution in [1.29, 1.82) is 0 Å². The number of rotatable bonds is 6. The van der Waals surface area contributed by atoms with Gasteiger partial charge < -0.3 is 14.6 Å². The van der Waals surface area contributed by atoms with Crippen LogP contribution in [0.25, 0.3) is 11.5 Å². The van der Waals surface area contributed by atoms with Gasteiger partial charge in [0, 0.05) is 13.1 Å². The quantitative estimate of drug-likeness (QED) is 0.887. The summed E-state index contributed by atoms with van der Waals surface area (Å²) in [5.41, 5.74) is 1.71. The molecule has 6 heteroatoms. The van der Waals surface area contributed by atoms with E-state index < -0.39 is 0 Å². The van der Waals surface area contributed by atoms with E-state index in [1.54, 1.807) is 36.3 Å². The van der Waals surface area contributed by atoms with Gasteiger partial charge in [0.25, 0.3) is 5.91 Å². The van der Waals surface area contributed by atoms with Crippen molar-refractivity contribution in [3.05, 3.63) is 41.8 Å². The highest BCUT2D eigenvalue weighted by molar-refractivity contribution is 5.97. The normalized spacial score (nSPS) is 10.4. The Morgan fingerprint density at radius 2 is 1.96 bits per heavy atom. The first-order chi connectivity index (χ1) is 11.1. The van der Waals surface area contributed by atoms with Crippen molar-refractivity contribution < 1.29 is 14.0 Å². The Labute approximate surface area is 135 Å². The number of nitrogens with zero attached hydrogens (tertiary/aromatic N) is 2. The van der Waals surface area contributed by atoms with Gasteiger partial charge in [-0.05, 0) is 45.0 Å². The highest BCUT2D eigenvalue weighted by Gasteiger charge is 2.15. The molecule has 0 aromatic carbocycles. The Morgan fingerprint density at radius 3 is 2.52 bits per heavy atom. The number of pyridine rings is 1. The van der Waals surface area contributed by atoms with E-state index in [-0.39, 0.29) is 18.4 Å². The molecule has 2 aromatic heterocycles. The van der Waals surface area contributed by atoms with Gasteiger partial charge in [-0.2, -0.15) is 0 Å². The molecule has 0 bridgehead atoms. The van der Waals surface area contributed by atoms with E-state index in [1.165, 1.54) is 0 Å². The van der Waals surface area contributed by atoms with Crippen molar-refractivity contribution in [1.82, 2.24) is 15.2 Å². The van der Waals surface area contributed by atoms with Crippen LogP contribution in [0.3, 0.4) is 0 Å². The molecule has 0 unspecified atom stereocenters. The number of carbonyl (C=O) groups excluding carboxylic acids is 2. The molecule has 0 saturated heterocycles. The molecule has 2 amide bonds. The Kier molecular flexibility index (Phi) is 5.51. The van der Waals surface area contributed by atoms with Crippen LogP contribution in [0.1, 0.15) is 29.9 Å². The van der Waals surface area contributed by atoms with Gasteiger partial charge in [0.2, 0.25) is 5.91 Å². The van der Waals surface area contributed by atoms with Crippen LogP contribution >= 0.6 is 0 Å². The summed E-state index contributed by atoms with van der Waals surface area (Å²) in [5, 5.41) is 2.65. The monoisotopic (exact) mass is 315 g/mol.